The molecule has 1 aromatic carbocycles. The summed E-state index contributed by atoms with van der Waals surface area (Å²) in [4.78, 5) is 17.1. The molecule has 0 atom stereocenters. The topological polar surface area (TPSA) is 69.0 Å². The lowest BCUT2D eigenvalue weighted by Gasteiger charge is -2.07. The molecule has 6 nitrogen and oxygen atoms in total. The summed E-state index contributed by atoms with van der Waals surface area (Å²) in [6.07, 6.45) is 3.58. The van der Waals surface area contributed by atoms with Crippen molar-refractivity contribution in [3.05, 3.63) is 64.1 Å². The molecule has 0 fully saturated rings. The number of hydrogen-bond acceptors (Lipinski definition) is 5. The number of rotatable bonds is 7. The second-order valence-corrected chi connectivity index (χ2v) is 7.46. The predicted octanol–water partition coefficient (Wildman–Crippen LogP) is 5.02. The summed E-state index contributed by atoms with van der Waals surface area (Å²) >= 11 is 7.43. The quantitative estimate of drug-likeness (QED) is 0.418. The number of nitrogens with one attached hydrogen (secondary N) is 1. The van der Waals surface area contributed by atoms with Crippen molar-refractivity contribution in [1.29, 1.82) is 0 Å². The maximum Gasteiger partial charge on any atom is 0.261 e. The Balaban J connectivity index is 1.55. The Hall–Kier alpha value is -2.97. The number of hydrogen-bond donors (Lipinski definition) is 1. The second kappa shape index (κ2) is 8.59. The van der Waals surface area contributed by atoms with Gasteiger partial charge in [0.1, 0.15) is 11.5 Å². The smallest absolute Gasteiger partial charge is 0.261 e. The van der Waals surface area contributed by atoms with E-state index in [0.29, 0.717) is 40.0 Å². The molecule has 4 aromatic rings. The number of para-hydroxylation sites is 1. The van der Waals surface area contributed by atoms with E-state index in [0.717, 1.165) is 11.1 Å². The Bertz CT molecular complexity index is 1160. The van der Waals surface area contributed by atoms with Crippen molar-refractivity contribution in [1.82, 2.24) is 20.1 Å². The summed E-state index contributed by atoms with van der Waals surface area (Å²) in [5.74, 6) is 0.863. The molecular weight excluding hydrogens is 415 g/mol. The van der Waals surface area contributed by atoms with Crippen molar-refractivity contribution >= 4 is 39.9 Å². The molecule has 148 valence electrons. The van der Waals surface area contributed by atoms with Gasteiger partial charge in [-0.1, -0.05) is 23.7 Å². The highest BCUT2D eigenvalue weighted by atomic mass is 35.5. The van der Waals surface area contributed by atoms with E-state index >= 15 is 0 Å². The number of carbonyl (C=O) groups excluding carboxylic acids is 1. The van der Waals surface area contributed by atoms with Gasteiger partial charge in [0.05, 0.1) is 34.7 Å². The minimum Gasteiger partial charge on any atom is -0.454 e. The van der Waals surface area contributed by atoms with Crippen LogP contribution < -0.4 is 10.1 Å². The predicted molar refractivity (Wildman–Crippen MR) is 111 cm³/mol. The van der Waals surface area contributed by atoms with E-state index in [4.69, 9.17) is 16.3 Å². The lowest BCUT2D eigenvalue weighted by atomic mass is 10.3. The van der Waals surface area contributed by atoms with Gasteiger partial charge in [-0.25, -0.2) is 9.67 Å². The Morgan fingerprint density at radius 1 is 1.28 bits per heavy atom. The normalized spacial score (nSPS) is 11.0. The number of pyridine rings is 1. The van der Waals surface area contributed by atoms with Crippen LogP contribution in [0.2, 0.25) is 5.02 Å². The molecule has 0 aliphatic rings. The van der Waals surface area contributed by atoms with Crippen molar-refractivity contribution < 1.29 is 13.9 Å². The van der Waals surface area contributed by atoms with Crippen LogP contribution in [0, 0.1) is 0 Å². The number of benzene rings is 1. The van der Waals surface area contributed by atoms with E-state index in [1.54, 1.807) is 35.3 Å². The summed E-state index contributed by atoms with van der Waals surface area (Å²) in [5, 5.41) is 10.2. The number of fused-ring (bicyclic) bond motifs is 1. The molecule has 3 heterocycles. The van der Waals surface area contributed by atoms with Crippen molar-refractivity contribution in [2.75, 3.05) is 13.2 Å². The average Bonchev–Trinajstić information content (AvgIpc) is 3.36. The van der Waals surface area contributed by atoms with Gasteiger partial charge in [-0.2, -0.15) is 5.10 Å². The molecule has 4 rings (SSSR count). The molecule has 1 N–H and O–H groups in total. The lowest BCUT2D eigenvalue weighted by molar-refractivity contribution is 0.0956. The van der Waals surface area contributed by atoms with Gasteiger partial charge in [-0.3, -0.25) is 9.18 Å². The van der Waals surface area contributed by atoms with Crippen LogP contribution in [0.4, 0.5) is 4.39 Å². The number of ether oxygens (including phenoxy) is 1. The fourth-order valence-corrected chi connectivity index (χ4v) is 3.67. The largest absolute Gasteiger partial charge is 0.454 e. The molecule has 1 amide bonds. The van der Waals surface area contributed by atoms with E-state index < -0.39 is 6.67 Å². The Morgan fingerprint density at radius 3 is 2.97 bits per heavy atom. The Labute approximate surface area is 174 Å². The summed E-state index contributed by atoms with van der Waals surface area (Å²) in [6.45, 7) is -0.147. The summed E-state index contributed by atoms with van der Waals surface area (Å²) in [6, 6.07) is 10.8. The summed E-state index contributed by atoms with van der Waals surface area (Å²) in [5.41, 5.74) is 1.37. The van der Waals surface area contributed by atoms with Gasteiger partial charge < -0.3 is 10.1 Å². The van der Waals surface area contributed by atoms with Crippen LogP contribution in [0.3, 0.4) is 0 Å². The third-order valence-electron chi connectivity index (χ3n) is 4.10. The van der Waals surface area contributed by atoms with Crippen LogP contribution >= 0.6 is 22.9 Å². The molecule has 0 saturated heterocycles. The average molecular weight is 431 g/mol. The van der Waals surface area contributed by atoms with Gasteiger partial charge in [0.15, 0.2) is 5.65 Å². The first-order chi connectivity index (χ1) is 14.2. The molecule has 0 bridgehead atoms. The molecule has 9 heteroatoms. The highest BCUT2D eigenvalue weighted by molar-refractivity contribution is 7.12. The zero-order valence-corrected chi connectivity index (χ0v) is 16.7. The number of nitrogens with zero attached hydrogens (tertiary/aromatic N) is 3. The van der Waals surface area contributed by atoms with E-state index in [-0.39, 0.29) is 5.91 Å². The van der Waals surface area contributed by atoms with Crippen LogP contribution in [0.1, 0.15) is 16.1 Å². The molecule has 0 spiro atoms. The van der Waals surface area contributed by atoms with Crippen molar-refractivity contribution in [3.63, 3.8) is 0 Å². The van der Waals surface area contributed by atoms with Crippen LogP contribution in [0.5, 0.6) is 11.5 Å². The van der Waals surface area contributed by atoms with Gasteiger partial charge in [0.25, 0.3) is 5.91 Å². The van der Waals surface area contributed by atoms with Gasteiger partial charge in [0, 0.05) is 17.3 Å². The number of amides is 1. The maximum atomic E-state index is 12.2. The van der Waals surface area contributed by atoms with Gasteiger partial charge >= 0.3 is 0 Å². The third-order valence-corrected chi connectivity index (χ3v) is 5.33. The van der Waals surface area contributed by atoms with E-state index in [1.807, 2.05) is 23.6 Å². The number of halogens is 2. The Kier molecular flexibility index (Phi) is 5.73. The second-order valence-electron chi connectivity index (χ2n) is 6.14. The highest BCUT2D eigenvalue weighted by Gasteiger charge is 2.13. The van der Waals surface area contributed by atoms with Gasteiger partial charge in [0.2, 0.25) is 0 Å². The summed E-state index contributed by atoms with van der Waals surface area (Å²) in [7, 11) is 0. The molecule has 0 saturated carbocycles. The molecular formula is C20H16ClFN4O2S. The number of aromatic nitrogens is 3. The van der Waals surface area contributed by atoms with Gasteiger partial charge in [-0.05, 0) is 30.7 Å². The van der Waals surface area contributed by atoms with Crippen LogP contribution in [0.15, 0.2) is 54.2 Å². The first kappa shape index (κ1) is 19.4. The van der Waals surface area contributed by atoms with Gasteiger partial charge in [-0.15, -0.1) is 11.3 Å². The highest BCUT2D eigenvalue weighted by Crippen LogP contribution is 2.30. The van der Waals surface area contributed by atoms with Crippen LogP contribution in [-0.2, 0) is 0 Å². The van der Waals surface area contributed by atoms with Crippen LogP contribution in [-0.4, -0.2) is 33.9 Å². The van der Waals surface area contributed by atoms with E-state index in [9.17, 15) is 9.18 Å². The zero-order valence-electron chi connectivity index (χ0n) is 15.1. The number of thiophene rings is 1. The molecule has 0 radical (unpaired) electrons. The van der Waals surface area contributed by atoms with E-state index in [2.05, 4.69) is 15.4 Å². The molecule has 0 aliphatic heterocycles. The molecule has 0 unspecified atom stereocenters. The standard InChI is InChI=1S/C20H16ClFN4O2S/c21-16-4-1-2-5-17(16)28-15-8-13-10-25-26(19(13)24-11-15)14-9-18(29-12-14)20(27)23-7-3-6-22/h1-2,4-5,8-12H,3,6-7H2,(H,23,27). The minimum absolute atomic E-state index is 0.227. The number of carbonyl (C=O) groups is 1. The SMILES string of the molecule is O=C(NCCCF)c1cc(-n2ncc3cc(Oc4ccccc4Cl)cnc32)cs1. The monoisotopic (exact) mass is 430 g/mol. The minimum atomic E-state index is -0.455. The summed E-state index contributed by atoms with van der Waals surface area (Å²) < 4.78 is 19.6. The van der Waals surface area contributed by atoms with Crippen molar-refractivity contribution in [3.8, 4) is 17.2 Å². The molecule has 3 aromatic heterocycles. The molecule has 29 heavy (non-hydrogen) atoms. The van der Waals surface area contributed by atoms with E-state index in [1.165, 1.54) is 11.3 Å². The lowest BCUT2D eigenvalue weighted by Crippen LogP contribution is -2.23. The van der Waals surface area contributed by atoms with Crippen LogP contribution in [0.25, 0.3) is 16.7 Å². The third kappa shape index (κ3) is 4.23. The Morgan fingerprint density at radius 2 is 2.14 bits per heavy atom. The first-order valence-corrected chi connectivity index (χ1v) is 10.1. The molecule has 0 aliphatic carbocycles. The number of alkyl halides is 1. The first-order valence-electron chi connectivity index (χ1n) is 8.85. The van der Waals surface area contributed by atoms with Crippen molar-refractivity contribution in [2.24, 2.45) is 0 Å². The maximum absolute atomic E-state index is 12.2. The fraction of sp³-hybridized carbons (Fsp3) is 0.150. The fourth-order valence-electron chi connectivity index (χ4n) is 2.71. The zero-order chi connectivity index (χ0) is 20.2. The van der Waals surface area contributed by atoms with Crippen molar-refractivity contribution in [2.45, 2.75) is 6.42 Å².